The van der Waals surface area contributed by atoms with Gasteiger partial charge < -0.3 is 32.8 Å². The van der Waals surface area contributed by atoms with Crippen molar-refractivity contribution in [3.63, 3.8) is 0 Å². The van der Waals surface area contributed by atoms with Crippen LogP contribution in [0.15, 0.2) is 140 Å². The standard InChI is InChI=1S/C60H48F6N2O6/c1-70-60(69)39-12-21-44(50-52-56(46(63)31-48(65)58(52)73-33-35-8-4-2-5-9-35)67(42-17-13-40(61)14-18-42)54(50)37-22-26-71-27-23-37)45(30-39)51-53-57(47(64)32-49(66)59(53)74-34-36-10-6-3-7-11-36)68(43-19-15-41(62)16-20-43)55(51)38-24-28-72-29-25-38/h2-21,30-32,37-38H,22-29,33-34H2,1H3. The van der Waals surface area contributed by atoms with Gasteiger partial charge in [-0.25, -0.2) is 31.1 Å². The van der Waals surface area contributed by atoms with Crippen LogP contribution >= 0.6 is 0 Å². The lowest BCUT2D eigenvalue weighted by molar-refractivity contribution is 0.0600. The maximum Gasteiger partial charge on any atom is 0.337 e. The van der Waals surface area contributed by atoms with Gasteiger partial charge in [-0.15, -0.1) is 0 Å². The molecule has 2 saturated heterocycles. The van der Waals surface area contributed by atoms with Crippen molar-refractivity contribution in [2.45, 2.75) is 50.7 Å². The molecule has 0 saturated carbocycles. The summed E-state index contributed by atoms with van der Waals surface area (Å²) in [4.78, 5) is 13.9. The van der Waals surface area contributed by atoms with E-state index in [9.17, 15) is 13.6 Å². The highest BCUT2D eigenvalue weighted by molar-refractivity contribution is 6.12. The van der Waals surface area contributed by atoms with E-state index in [0.29, 0.717) is 91.6 Å². The van der Waals surface area contributed by atoms with Crippen molar-refractivity contribution >= 4 is 27.8 Å². The van der Waals surface area contributed by atoms with E-state index in [1.165, 1.54) is 61.7 Å². The summed E-state index contributed by atoms with van der Waals surface area (Å²) < 4.78 is 132. The minimum Gasteiger partial charge on any atom is -0.485 e. The number of carbonyl (C=O) groups is 1. The second-order valence-corrected chi connectivity index (χ2v) is 18.5. The average molecular weight is 1010 g/mol. The number of benzene rings is 7. The highest BCUT2D eigenvalue weighted by atomic mass is 19.2. The summed E-state index contributed by atoms with van der Waals surface area (Å²) in [6, 6.07) is 35.4. The van der Waals surface area contributed by atoms with Gasteiger partial charge in [-0.05, 0) is 109 Å². The molecule has 2 aliphatic heterocycles. The molecule has 0 N–H and O–H groups in total. The Morgan fingerprint density at radius 3 is 1.35 bits per heavy atom. The zero-order valence-corrected chi connectivity index (χ0v) is 40.1. The number of rotatable bonds is 13. The minimum absolute atomic E-state index is 0.0136. The molecule has 0 spiro atoms. The fourth-order valence-electron chi connectivity index (χ4n) is 10.7. The van der Waals surface area contributed by atoms with Gasteiger partial charge in [-0.3, -0.25) is 0 Å². The van der Waals surface area contributed by atoms with Crippen LogP contribution in [0.4, 0.5) is 26.3 Å². The number of methoxy groups -OCH3 is 1. The number of halogens is 6. The average Bonchev–Trinajstić information content (AvgIpc) is 3.97. The molecule has 2 aliphatic rings. The first-order chi connectivity index (χ1) is 36.1. The van der Waals surface area contributed by atoms with Crippen LogP contribution in [-0.4, -0.2) is 48.6 Å². The third kappa shape index (κ3) is 8.95. The summed E-state index contributed by atoms with van der Waals surface area (Å²) in [5.74, 6) is -7.23. The lowest BCUT2D eigenvalue weighted by Crippen LogP contribution is -2.18. The number of esters is 1. The number of nitrogens with zero attached hydrogens (tertiary/aromatic N) is 2. The topological polar surface area (TPSA) is 73.1 Å². The van der Waals surface area contributed by atoms with Gasteiger partial charge in [0.05, 0.1) is 34.5 Å². The first-order valence-electron chi connectivity index (χ1n) is 24.5. The molecule has 2 fully saturated rings. The Labute approximate surface area is 422 Å². The molecule has 2 aromatic heterocycles. The van der Waals surface area contributed by atoms with Crippen molar-refractivity contribution < 1.29 is 54.8 Å². The van der Waals surface area contributed by atoms with Gasteiger partial charge in [0.2, 0.25) is 0 Å². The molecular weight excluding hydrogens is 959 g/mol. The molecule has 11 rings (SSSR count). The van der Waals surface area contributed by atoms with Gasteiger partial charge in [-0.1, -0.05) is 66.7 Å². The van der Waals surface area contributed by atoms with E-state index in [2.05, 4.69) is 0 Å². The maximum atomic E-state index is 17.4. The van der Waals surface area contributed by atoms with Gasteiger partial charge in [0.15, 0.2) is 34.8 Å². The summed E-state index contributed by atoms with van der Waals surface area (Å²) in [5.41, 5.74) is 3.92. The first kappa shape index (κ1) is 48.5. The molecule has 0 amide bonds. The molecule has 74 heavy (non-hydrogen) atoms. The summed E-state index contributed by atoms with van der Waals surface area (Å²) in [6.45, 7) is 0.978. The van der Waals surface area contributed by atoms with Crippen LogP contribution in [0.3, 0.4) is 0 Å². The van der Waals surface area contributed by atoms with Crippen molar-refractivity contribution in [3.8, 4) is 45.1 Å². The summed E-state index contributed by atoms with van der Waals surface area (Å²) in [5, 5.41) is 0.00410. The molecule has 0 unspecified atom stereocenters. The van der Waals surface area contributed by atoms with Crippen LogP contribution in [0, 0.1) is 34.9 Å². The predicted molar refractivity (Wildman–Crippen MR) is 269 cm³/mol. The van der Waals surface area contributed by atoms with Crippen LogP contribution in [-0.2, 0) is 27.4 Å². The maximum absolute atomic E-state index is 17.4. The smallest absolute Gasteiger partial charge is 0.337 e. The number of carbonyl (C=O) groups excluding carboxylic acids is 1. The van der Waals surface area contributed by atoms with Crippen molar-refractivity contribution in [1.29, 1.82) is 0 Å². The van der Waals surface area contributed by atoms with Crippen LogP contribution in [0.2, 0.25) is 0 Å². The number of aromatic nitrogens is 2. The van der Waals surface area contributed by atoms with Crippen LogP contribution in [0.25, 0.3) is 55.4 Å². The highest BCUT2D eigenvalue weighted by Gasteiger charge is 2.38. The highest BCUT2D eigenvalue weighted by Crippen LogP contribution is 2.55. The summed E-state index contributed by atoms with van der Waals surface area (Å²) in [6.07, 6.45) is 1.67. The Morgan fingerprint density at radius 1 is 0.514 bits per heavy atom. The number of fused-ring (bicyclic) bond motifs is 2. The van der Waals surface area contributed by atoms with Crippen LogP contribution < -0.4 is 9.47 Å². The van der Waals surface area contributed by atoms with Gasteiger partial charge >= 0.3 is 5.97 Å². The Balaban J connectivity index is 1.33. The van der Waals surface area contributed by atoms with Gasteiger partial charge in [0, 0.05) is 84.3 Å². The third-order valence-corrected chi connectivity index (χ3v) is 14.1. The molecule has 0 bridgehead atoms. The predicted octanol–water partition coefficient (Wildman–Crippen LogP) is 14.5. The molecule has 14 heteroatoms. The van der Waals surface area contributed by atoms with Gasteiger partial charge in [0.1, 0.15) is 24.8 Å². The molecule has 376 valence electrons. The van der Waals surface area contributed by atoms with Gasteiger partial charge in [-0.2, -0.15) is 0 Å². The fraction of sp³-hybridized carbons (Fsp3) is 0.217. The van der Waals surface area contributed by atoms with E-state index in [-0.39, 0.29) is 68.8 Å². The molecular formula is C60H48F6N2O6. The van der Waals surface area contributed by atoms with Crippen LogP contribution in [0.5, 0.6) is 11.5 Å². The Kier molecular flexibility index (Phi) is 13.5. The molecule has 7 aromatic carbocycles. The van der Waals surface area contributed by atoms with Crippen LogP contribution in [0.1, 0.15) is 70.4 Å². The third-order valence-electron chi connectivity index (χ3n) is 14.1. The molecule has 9 aromatic rings. The van der Waals surface area contributed by atoms with Crippen molar-refractivity contribution in [2.75, 3.05) is 33.5 Å². The van der Waals surface area contributed by atoms with E-state index in [1.54, 1.807) is 33.4 Å². The SMILES string of the molecule is COC(=O)c1ccc(-c2c(C3CCOCC3)n(-c3ccc(F)cc3)c3c(F)cc(F)c(OCc4ccccc4)c23)c(-c2c(C3CCOCC3)n(-c3ccc(F)cc3)c3c(F)cc(F)c(OCc4ccccc4)c23)c1. The molecule has 8 nitrogen and oxygen atoms in total. The normalized spacial score (nSPS) is 14.5. The van der Waals surface area contributed by atoms with E-state index >= 15 is 17.6 Å². The zero-order chi connectivity index (χ0) is 51.0. The Hall–Kier alpha value is -7.81. The Morgan fingerprint density at radius 2 is 0.932 bits per heavy atom. The van der Waals surface area contributed by atoms with Crippen molar-refractivity contribution in [3.05, 3.63) is 203 Å². The van der Waals surface area contributed by atoms with E-state index in [1.807, 2.05) is 48.5 Å². The largest absolute Gasteiger partial charge is 0.485 e. The number of ether oxygens (including phenoxy) is 5. The van der Waals surface area contributed by atoms with E-state index in [0.717, 1.165) is 12.1 Å². The van der Waals surface area contributed by atoms with Crippen molar-refractivity contribution in [2.24, 2.45) is 0 Å². The summed E-state index contributed by atoms with van der Waals surface area (Å²) in [7, 11) is 1.23. The molecule has 0 atom stereocenters. The van der Waals surface area contributed by atoms with E-state index < -0.39 is 52.7 Å². The number of hydrogen-bond acceptors (Lipinski definition) is 6. The molecule has 0 aliphatic carbocycles. The number of hydrogen-bond donors (Lipinski definition) is 0. The quantitative estimate of drug-likeness (QED) is 0.0846. The van der Waals surface area contributed by atoms with Gasteiger partial charge in [0.25, 0.3) is 0 Å². The minimum atomic E-state index is -1.02. The summed E-state index contributed by atoms with van der Waals surface area (Å²) >= 11 is 0. The second kappa shape index (κ2) is 20.6. The lowest BCUT2D eigenvalue weighted by atomic mass is 9.83. The zero-order valence-electron chi connectivity index (χ0n) is 40.1. The van der Waals surface area contributed by atoms with Crippen molar-refractivity contribution in [1.82, 2.24) is 9.13 Å². The fourth-order valence-corrected chi connectivity index (χ4v) is 10.7. The monoisotopic (exact) mass is 1010 g/mol. The first-order valence-corrected chi connectivity index (χ1v) is 24.5. The molecule has 0 radical (unpaired) electrons. The van der Waals surface area contributed by atoms with E-state index in [4.69, 9.17) is 23.7 Å². The second-order valence-electron chi connectivity index (χ2n) is 18.5. The Bertz CT molecular complexity index is 3530. The molecule has 4 heterocycles. The lowest BCUT2D eigenvalue weighted by Gasteiger charge is -2.28.